The first-order valence-electron chi connectivity index (χ1n) is 8.93. The number of amides is 1. The fourth-order valence-corrected chi connectivity index (χ4v) is 5.11. The minimum Gasteiger partial charge on any atom is -0.356 e. The third-order valence-electron chi connectivity index (χ3n) is 4.61. The second-order valence-corrected chi connectivity index (χ2v) is 8.52. The van der Waals surface area contributed by atoms with Gasteiger partial charge in [0.25, 0.3) is 0 Å². The average Bonchev–Trinajstić information content (AvgIpc) is 2.51. The summed E-state index contributed by atoms with van der Waals surface area (Å²) in [4.78, 5) is 18.6. The first-order chi connectivity index (χ1) is 11.0. The summed E-state index contributed by atoms with van der Waals surface area (Å²) in [6, 6.07) is 0.201. The van der Waals surface area contributed by atoms with Crippen molar-refractivity contribution in [2.24, 2.45) is 4.99 Å². The molecular weight excluding hydrogens is 308 g/mol. The van der Waals surface area contributed by atoms with Crippen LogP contribution in [-0.4, -0.2) is 60.0 Å². The van der Waals surface area contributed by atoms with Gasteiger partial charge in [-0.15, -0.1) is 0 Å². The van der Waals surface area contributed by atoms with Gasteiger partial charge in [0.15, 0.2) is 5.96 Å². The molecule has 1 aliphatic heterocycles. The van der Waals surface area contributed by atoms with Gasteiger partial charge in [-0.2, -0.15) is 11.8 Å². The van der Waals surface area contributed by atoms with E-state index < -0.39 is 0 Å². The van der Waals surface area contributed by atoms with Crippen LogP contribution in [0, 0.1) is 0 Å². The number of hydrogen-bond donors (Lipinski definition) is 2. The molecule has 2 rings (SSSR count). The number of hydrogen-bond acceptors (Lipinski definition) is 3. The second-order valence-electron chi connectivity index (χ2n) is 6.96. The average molecular weight is 341 g/mol. The smallest absolute Gasteiger partial charge is 0.221 e. The summed E-state index contributed by atoms with van der Waals surface area (Å²) in [5.74, 6) is 2.22. The van der Waals surface area contributed by atoms with Crippen LogP contribution in [0.5, 0.6) is 0 Å². The predicted molar refractivity (Wildman–Crippen MR) is 99.1 cm³/mol. The van der Waals surface area contributed by atoms with Crippen LogP contribution >= 0.6 is 11.8 Å². The van der Waals surface area contributed by atoms with Crippen molar-refractivity contribution in [2.75, 3.05) is 32.4 Å². The monoisotopic (exact) mass is 340 g/mol. The van der Waals surface area contributed by atoms with Crippen LogP contribution in [0.2, 0.25) is 0 Å². The van der Waals surface area contributed by atoms with Crippen molar-refractivity contribution >= 4 is 23.6 Å². The molecule has 0 bridgehead atoms. The van der Waals surface area contributed by atoms with Gasteiger partial charge < -0.3 is 15.5 Å². The van der Waals surface area contributed by atoms with E-state index in [0.29, 0.717) is 17.7 Å². The van der Waals surface area contributed by atoms with Crippen molar-refractivity contribution in [2.45, 2.75) is 63.2 Å². The van der Waals surface area contributed by atoms with Gasteiger partial charge in [-0.3, -0.25) is 9.79 Å². The van der Waals surface area contributed by atoms with E-state index >= 15 is 0 Å². The fraction of sp³-hybridized carbons (Fsp3) is 0.882. The minimum absolute atomic E-state index is 0.0981. The first-order valence-corrected chi connectivity index (χ1v) is 9.92. The van der Waals surface area contributed by atoms with E-state index in [9.17, 15) is 4.79 Å². The van der Waals surface area contributed by atoms with Crippen molar-refractivity contribution in [3.63, 3.8) is 0 Å². The largest absolute Gasteiger partial charge is 0.356 e. The Labute approximate surface area is 145 Å². The maximum absolute atomic E-state index is 11.7. The highest BCUT2D eigenvalue weighted by molar-refractivity contribution is 8.00. The molecule has 0 aromatic rings. The highest BCUT2D eigenvalue weighted by Gasteiger charge is 2.38. The Morgan fingerprint density at radius 3 is 2.70 bits per heavy atom. The third-order valence-corrected chi connectivity index (χ3v) is 6.15. The van der Waals surface area contributed by atoms with Crippen LogP contribution in [0.1, 0.15) is 52.4 Å². The molecule has 6 heteroatoms. The first kappa shape index (κ1) is 18.4. The van der Waals surface area contributed by atoms with Crippen molar-refractivity contribution in [1.82, 2.24) is 15.5 Å². The Hall–Kier alpha value is -0.910. The lowest BCUT2D eigenvalue weighted by molar-refractivity contribution is -0.121. The maximum Gasteiger partial charge on any atom is 0.221 e. The Morgan fingerprint density at radius 1 is 1.30 bits per heavy atom. The molecule has 1 spiro atoms. The van der Waals surface area contributed by atoms with E-state index in [1.807, 2.05) is 20.9 Å². The number of carbonyl (C=O) groups excluding carboxylic acids is 1. The van der Waals surface area contributed by atoms with E-state index in [2.05, 4.69) is 32.3 Å². The lowest BCUT2D eigenvalue weighted by Gasteiger charge is -2.45. The fourth-order valence-electron chi connectivity index (χ4n) is 3.54. The van der Waals surface area contributed by atoms with Gasteiger partial charge in [-0.05, 0) is 26.7 Å². The van der Waals surface area contributed by atoms with Crippen LogP contribution in [-0.2, 0) is 4.79 Å². The van der Waals surface area contributed by atoms with Crippen LogP contribution in [0.25, 0.3) is 0 Å². The van der Waals surface area contributed by atoms with E-state index in [1.165, 1.54) is 37.9 Å². The normalized spacial score (nSPS) is 21.6. The number of aliphatic imine (C=N–C) groups is 1. The molecule has 23 heavy (non-hydrogen) atoms. The number of rotatable bonds is 4. The van der Waals surface area contributed by atoms with Gasteiger partial charge in [0.05, 0.1) is 0 Å². The molecular formula is C17H32N4OS. The number of nitrogens with one attached hydrogen (secondary N) is 2. The predicted octanol–water partition coefficient (Wildman–Crippen LogP) is 2.23. The zero-order chi connectivity index (χ0) is 16.7. The Morgan fingerprint density at radius 2 is 2.04 bits per heavy atom. The number of carbonyl (C=O) groups is 1. The van der Waals surface area contributed by atoms with E-state index in [-0.39, 0.29) is 11.9 Å². The molecule has 0 aromatic heterocycles. The van der Waals surface area contributed by atoms with Crippen LogP contribution in [0.3, 0.4) is 0 Å². The van der Waals surface area contributed by atoms with E-state index in [4.69, 9.17) is 0 Å². The summed E-state index contributed by atoms with van der Waals surface area (Å²) in [6.07, 6.45) is 7.28. The summed E-state index contributed by atoms with van der Waals surface area (Å²) in [5.41, 5.74) is 0. The lowest BCUT2D eigenvalue weighted by Crippen LogP contribution is -2.53. The summed E-state index contributed by atoms with van der Waals surface area (Å²) >= 11 is 2.17. The van der Waals surface area contributed by atoms with Crippen LogP contribution in [0.4, 0.5) is 0 Å². The molecule has 0 unspecified atom stereocenters. The Bertz CT molecular complexity index is 413. The highest BCUT2D eigenvalue weighted by atomic mass is 32.2. The van der Waals surface area contributed by atoms with Gasteiger partial charge in [-0.1, -0.05) is 19.3 Å². The molecule has 2 fully saturated rings. The van der Waals surface area contributed by atoms with Gasteiger partial charge >= 0.3 is 0 Å². The van der Waals surface area contributed by atoms with Gasteiger partial charge in [0.2, 0.25) is 5.91 Å². The molecule has 1 saturated carbocycles. The maximum atomic E-state index is 11.7. The van der Waals surface area contributed by atoms with Gasteiger partial charge in [0, 0.05) is 49.6 Å². The van der Waals surface area contributed by atoms with Crippen molar-refractivity contribution in [1.29, 1.82) is 0 Å². The Kier molecular flexibility index (Phi) is 7.06. The molecule has 0 aromatic carbocycles. The highest BCUT2D eigenvalue weighted by Crippen LogP contribution is 2.42. The molecule has 0 radical (unpaired) electrons. The number of nitrogens with zero attached hydrogens (tertiary/aromatic N) is 2. The van der Waals surface area contributed by atoms with Gasteiger partial charge in [-0.25, -0.2) is 0 Å². The summed E-state index contributed by atoms with van der Waals surface area (Å²) in [6.45, 7) is 6.75. The van der Waals surface area contributed by atoms with Crippen molar-refractivity contribution in [3.8, 4) is 0 Å². The SMILES string of the molecule is CN=C(NCCC(=O)NC(C)C)N1CCSC2(CCCCC2)C1. The molecule has 1 aliphatic carbocycles. The topological polar surface area (TPSA) is 56.7 Å². The zero-order valence-electron chi connectivity index (χ0n) is 14.9. The summed E-state index contributed by atoms with van der Waals surface area (Å²) in [5, 5.41) is 6.30. The zero-order valence-corrected chi connectivity index (χ0v) is 15.7. The Balaban J connectivity index is 1.82. The second kappa shape index (κ2) is 8.81. The van der Waals surface area contributed by atoms with Crippen LogP contribution in [0.15, 0.2) is 4.99 Å². The lowest BCUT2D eigenvalue weighted by atomic mass is 9.87. The third kappa shape index (κ3) is 5.59. The molecule has 2 N–H and O–H groups in total. The summed E-state index contributed by atoms with van der Waals surface area (Å²) in [7, 11) is 1.84. The number of thioether (sulfide) groups is 1. The molecule has 2 aliphatic rings. The van der Waals surface area contributed by atoms with Crippen molar-refractivity contribution in [3.05, 3.63) is 0 Å². The summed E-state index contributed by atoms with van der Waals surface area (Å²) < 4.78 is 0.434. The number of guanidine groups is 1. The van der Waals surface area contributed by atoms with Gasteiger partial charge in [0.1, 0.15) is 0 Å². The molecule has 5 nitrogen and oxygen atoms in total. The molecule has 1 amide bonds. The van der Waals surface area contributed by atoms with Crippen LogP contribution < -0.4 is 10.6 Å². The molecule has 132 valence electrons. The molecule has 1 saturated heterocycles. The van der Waals surface area contributed by atoms with Crippen molar-refractivity contribution < 1.29 is 4.79 Å². The molecule has 1 heterocycles. The van der Waals surface area contributed by atoms with E-state index in [1.54, 1.807) is 0 Å². The van der Waals surface area contributed by atoms with E-state index in [0.717, 1.165) is 19.0 Å². The quantitative estimate of drug-likeness (QED) is 0.609. The standard InChI is InChI=1S/C17H32N4OS/c1-14(2)20-15(22)7-10-19-16(18-3)21-11-12-23-17(13-21)8-5-4-6-9-17/h14H,4-13H2,1-3H3,(H,18,19)(H,20,22). The molecule has 0 atom stereocenters. The minimum atomic E-state index is 0.0981.